The lowest BCUT2D eigenvalue weighted by Crippen LogP contribution is -2.37. The van der Waals surface area contributed by atoms with E-state index in [-0.39, 0.29) is 23.5 Å². The van der Waals surface area contributed by atoms with Gasteiger partial charge in [0.15, 0.2) is 0 Å². The first-order valence-corrected chi connectivity index (χ1v) is 13.9. The summed E-state index contributed by atoms with van der Waals surface area (Å²) in [7, 11) is 1.36. The molecule has 2 heterocycles. The van der Waals surface area contributed by atoms with Crippen LogP contribution in [0.1, 0.15) is 61.5 Å². The molecule has 2 aliphatic rings. The predicted octanol–water partition coefficient (Wildman–Crippen LogP) is 5.02. The summed E-state index contributed by atoms with van der Waals surface area (Å²) < 4.78 is 4.93. The van der Waals surface area contributed by atoms with Gasteiger partial charge in [0, 0.05) is 25.2 Å². The zero-order valence-corrected chi connectivity index (χ0v) is 22.8. The minimum absolute atomic E-state index is 0.0267. The van der Waals surface area contributed by atoms with Crippen molar-refractivity contribution in [2.45, 2.75) is 31.3 Å². The molecule has 1 aliphatic heterocycles. The maximum Gasteiger partial charge on any atom is 0.337 e. The minimum Gasteiger partial charge on any atom is -0.465 e. The molecule has 41 heavy (non-hydrogen) atoms. The first-order valence-electron chi connectivity index (χ1n) is 13.9. The van der Waals surface area contributed by atoms with Gasteiger partial charge in [0.25, 0.3) is 0 Å². The molecule has 3 atom stereocenters. The number of carbonyl (C=O) groups is 3. The van der Waals surface area contributed by atoms with E-state index in [4.69, 9.17) is 4.74 Å². The lowest BCUT2D eigenvalue weighted by atomic mass is 9.82. The molecule has 6 rings (SSSR count). The van der Waals surface area contributed by atoms with Crippen molar-refractivity contribution in [2.75, 3.05) is 13.7 Å². The van der Waals surface area contributed by atoms with E-state index in [0.717, 1.165) is 34.2 Å². The number of benzene rings is 3. The smallest absolute Gasteiger partial charge is 0.337 e. The number of esters is 1. The van der Waals surface area contributed by atoms with Gasteiger partial charge in [0.2, 0.25) is 11.7 Å². The number of methoxy groups -OCH3 is 1. The summed E-state index contributed by atoms with van der Waals surface area (Å²) in [6.07, 6.45) is 3.15. The summed E-state index contributed by atoms with van der Waals surface area (Å²) >= 11 is 0. The van der Waals surface area contributed by atoms with Crippen LogP contribution in [0.3, 0.4) is 0 Å². The topological polar surface area (TPSA) is 97.4 Å². The van der Waals surface area contributed by atoms with Crippen molar-refractivity contribution in [2.24, 2.45) is 5.92 Å². The zero-order valence-electron chi connectivity index (χ0n) is 22.8. The summed E-state index contributed by atoms with van der Waals surface area (Å²) in [5, 5.41) is 6.55. The van der Waals surface area contributed by atoms with Crippen molar-refractivity contribution < 1.29 is 19.1 Å². The van der Waals surface area contributed by atoms with Crippen molar-refractivity contribution in [1.29, 1.82) is 0 Å². The number of hydrogen-bond acceptors (Lipinski definition) is 6. The van der Waals surface area contributed by atoms with Crippen LogP contribution in [-0.4, -0.2) is 36.3 Å². The van der Waals surface area contributed by atoms with Crippen LogP contribution in [0.25, 0.3) is 11.1 Å². The molecule has 0 saturated heterocycles. The number of aromatic nitrogens is 1. The largest absolute Gasteiger partial charge is 0.465 e. The van der Waals surface area contributed by atoms with Crippen molar-refractivity contribution in [3.63, 3.8) is 0 Å². The molecule has 0 radical (unpaired) electrons. The van der Waals surface area contributed by atoms with Crippen LogP contribution >= 0.6 is 0 Å². The second-order valence-corrected chi connectivity index (χ2v) is 10.5. The quantitative estimate of drug-likeness (QED) is 0.238. The van der Waals surface area contributed by atoms with Gasteiger partial charge in [-0.2, -0.15) is 0 Å². The molecule has 206 valence electrons. The number of nitrogens with zero attached hydrogens (tertiary/aromatic N) is 1. The van der Waals surface area contributed by atoms with E-state index < -0.39 is 12.0 Å². The third kappa shape index (κ3) is 5.41. The van der Waals surface area contributed by atoms with Crippen molar-refractivity contribution in [3.05, 3.63) is 125 Å². The van der Waals surface area contributed by atoms with Gasteiger partial charge in [0.05, 0.1) is 18.7 Å². The maximum atomic E-state index is 13.7. The normalized spacial score (nSPS) is 19.1. The fourth-order valence-corrected chi connectivity index (χ4v) is 5.89. The van der Waals surface area contributed by atoms with Gasteiger partial charge in [-0.05, 0) is 76.4 Å². The summed E-state index contributed by atoms with van der Waals surface area (Å²) in [5.74, 6) is -0.295. The van der Waals surface area contributed by atoms with Gasteiger partial charge in [-0.3, -0.25) is 14.6 Å². The van der Waals surface area contributed by atoms with Gasteiger partial charge in [0.1, 0.15) is 5.69 Å². The highest BCUT2D eigenvalue weighted by atomic mass is 16.5. The number of fused-ring (bicyclic) bond motifs is 1. The summed E-state index contributed by atoms with van der Waals surface area (Å²) in [4.78, 5) is 43.4. The summed E-state index contributed by atoms with van der Waals surface area (Å²) in [5.41, 5.74) is 6.64. The third-order valence-corrected chi connectivity index (χ3v) is 8.04. The van der Waals surface area contributed by atoms with E-state index in [2.05, 4.69) is 27.8 Å². The molecule has 4 aromatic rings. The Morgan fingerprint density at radius 2 is 1.80 bits per heavy atom. The second kappa shape index (κ2) is 11.5. The zero-order chi connectivity index (χ0) is 28.3. The second-order valence-electron chi connectivity index (χ2n) is 10.5. The highest BCUT2D eigenvalue weighted by Crippen LogP contribution is 2.47. The third-order valence-electron chi connectivity index (χ3n) is 8.04. The average Bonchev–Trinajstić information content (AvgIpc) is 3.85. The molecule has 0 bridgehead atoms. The Morgan fingerprint density at radius 3 is 2.59 bits per heavy atom. The monoisotopic (exact) mass is 545 g/mol. The Balaban J connectivity index is 1.34. The molecule has 7 heteroatoms. The van der Waals surface area contributed by atoms with E-state index in [1.807, 2.05) is 48.5 Å². The van der Waals surface area contributed by atoms with Crippen molar-refractivity contribution in [3.8, 4) is 11.1 Å². The van der Waals surface area contributed by atoms with Crippen LogP contribution in [0.2, 0.25) is 0 Å². The van der Waals surface area contributed by atoms with Gasteiger partial charge < -0.3 is 15.4 Å². The first-order chi connectivity index (χ1) is 20.0. The molecule has 7 nitrogen and oxygen atoms in total. The number of carbonyl (C=O) groups excluding carboxylic acids is 3. The number of ether oxygens (including phenoxy) is 1. The Morgan fingerprint density at radius 1 is 0.976 bits per heavy atom. The molecule has 0 spiro atoms. The van der Waals surface area contributed by atoms with E-state index in [9.17, 15) is 14.4 Å². The van der Waals surface area contributed by atoms with Crippen molar-refractivity contribution in [1.82, 2.24) is 15.6 Å². The Kier molecular flexibility index (Phi) is 7.44. The lowest BCUT2D eigenvalue weighted by Gasteiger charge is -2.30. The van der Waals surface area contributed by atoms with E-state index >= 15 is 0 Å². The highest BCUT2D eigenvalue weighted by Gasteiger charge is 2.43. The van der Waals surface area contributed by atoms with Crippen LogP contribution in [0.15, 0.2) is 91.1 Å². The highest BCUT2D eigenvalue weighted by molar-refractivity contribution is 6.00. The molecule has 1 saturated carbocycles. The van der Waals surface area contributed by atoms with E-state index in [0.29, 0.717) is 30.8 Å². The average molecular weight is 546 g/mol. The standard InChI is InChI=1S/C34H31N3O4/c1-41-34(40)23-11-7-10-22(18-23)25-14-13-24(20-37-33(39)28-19-27(28)21-8-3-2-4-9-21)30-26(25)15-17-36-31(30)32(38)29-12-5-6-16-35-29/h2-14,16,18,27-28,31,36H,15,17,19-20H2,1H3,(H,37,39)/t27-,28-,31?/m0/s1. The SMILES string of the molecule is COC(=O)c1cccc(-c2ccc(CNC(=O)[C@H]3C[C@H]3c3ccccc3)c3c2CCNC3C(=O)c2ccccn2)c1. The number of hydrogen-bond donors (Lipinski definition) is 2. The van der Waals surface area contributed by atoms with Crippen LogP contribution < -0.4 is 10.6 Å². The number of rotatable bonds is 8. The number of pyridine rings is 1. The molecule has 1 unspecified atom stereocenters. The van der Waals surface area contributed by atoms with Gasteiger partial charge in [-0.1, -0.05) is 60.7 Å². The minimum atomic E-state index is -0.609. The summed E-state index contributed by atoms with van der Waals surface area (Å²) in [6, 6.07) is 26.2. The molecule has 2 N–H and O–H groups in total. The molecule has 1 aliphatic carbocycles. The summed E-state index contributed by atoms with van der Waals surface area (Å²) in [6.45, 7) is 0.923. The van der Waals surface area contributed by atoms with Crippen molar-refractivity contribution >= 4 is 17.7 Å². The molecular weight excluding hydrogens is 514 g/mol. The molecular formula is C34H31N3O4. The number of amides is 1. The molecule has 1 amide bonds. The number of Topliss-reactive ketones (excluding diaryl/α,β-unsaturated/α-hetero) is 1. The lowest BCUT2D eigenvalue weighted by molar-refractivity contribution is -0.122. The number of nitrogens with one attached hydrogen (secondary N) is 2. The Labute approximate surface area is 239 Å². The molecule has 3 aromatic carbocycles. The Hall–Kier alpha value is -4.62. The predicted molar refractivity (Wildman–Crippen MR) is 155 cm³/mol. The van der Waals surface area contributed by atoms with Crippen LogP contribution in [0.4, 0.5) is 0 Å². The molecule has 1 fully saturated rings. The molecule has 1 aromatic heterocycles. The van der Waals surface area contributed by atoms with E-state index in [1.165, 1.54) is 12.7 Å². The van der Waals surface area contributed by atoms with Gasteiger partial charge >= 0.3 is 5.97 Å². The van der Waals surface area contributed by atoms with Crippen LogP contribution in [0.5, 0.6) is 0 Å². The number of ketones is 1. The van der Waals surface area contributed by atoms with Gasteiger partial charge in [-0.15, -0.1) is 0 Å². The first kappa shape index (κ1) is 26.6. The van der Waals surface area contributed by atoms with Crippen LogP contribution in [0, 0.1) is 5.92 Å². The fraction of sp³-hybridized carbons (Fsp3) is 0.235. The Bertz CT molecular complexity index is 1600. The van der Waals surface area contributed by atoms with Gasteiger partial charge in [-0.25, -0.2) is 4.79 Å². The van der Waals surface area contributed by atoms with Crippen LogP contribution in [-0.2, 0) is 22.5 Å². The maximum absolute atomic E-state index is 13.7. The van der Waals surface area contributed by atoms with E-state index in [1.54, 1.807) is 30.5 Å². The fourth-order valence-electron chi connectivity index (χ4n) is 5.89.